The van der Waals surface area contributed by atoms with E-state index in [-0.39, 0.29) is 18.4 Å². The molecule has 25 heavy (non-hydrogen) atoms. The quantitative estimate of drug-likeness (QED) is 0.610. The summed E-state index contributed by atoms with van der Waals surface area (Å²) in [7, 11) is 0. The molecule has 2 amide bonds. The predicted octanol–water partition coefficient (Wildman–Crippen LogP) is 2.42. The van der Waals surface area contributed by atoms with Gasteiger partial charge in [-0.1, -0.05) is 6.07 Å². The zero-order chi connectivity index (χ0) is 18.0. The molecular formula is C20H28N2O3. The van der Waals surface area contributed by atoms with Gasteiger partial charge < -0.3 is 14.9 Å². The Kier molecular flexibility index (Phi) is 5.42. The number of rotatable bonds is 7. The van der Waals surface area contributed by atoms with E-state index in [0.717, 1.165) is 36.1 Å². The number of carbonyl (C=O) groups excluding carboxylic acids is 2. The third kappa shape index (κ3) is 4.03. The Bertz CT molecular complexity index is 634. The fraction of sp³-hybridized carbons (Fsp3) is 0.600. The van der Waals surface area contributed by atoms with Crippen LogP contribution in [0.3, 0.4) is 0 Å². The monoisotopic (exact) mass is 344 g/mol. The molecular weight excluding hydrogens is 316 g/mol. The van der Waals surface area contributed by atoms with Crippen LogP contribution in [-0.4, -0.2) is 47.6 Å². The van der Waals surface area contributed by atoms with Crippen molar-refractivity contribution in [2.75, 3.05) is 24.6 Å². The lowest BCUT2D eigenvalue weighted by Crippen LogP contribution is -2.42. The smallest absolute Gasteiger partial charge is 0.239 e. The maximum Gasteiger partial charge on any atom is 0.239 e. The first-order chi connectivity index (χ1) is 12.0. The highest BCUT2D eigenvalue weighted by molar-refractivity contribution is 6.09. The highest BCUT2D eigenvalue weighted by Crippen LogP contribution is 2.32. The van der Waals surface area contributed by atoms with E-state index in [9.17, 15) is 9.59 Å². The van der Waals surface area contributed by atoms with Gasteiger partial charge in [-0.2, -0.15) is 0 Å². The lowest BCUT2D eigenvalue weighted by Gasteiger charge is -2.25. The lowest BCUT2D eigenvalue weighted by molar-refractivity contribution is -0.140. The molecule has 0 spiro atoms. The van der Waals surface area contributed by atoms with Crippen LogP contribution in [0.2, 0.25) is 0 Å². The molecule has 136 valence electrons. The van der Waals surface area contributed by atoms with Crippen molar-refractivity contribution in [1.29, 1.82) is 0 Å². The fourth-order valence-electron chi connectivity index (χ4n) is 3.72. The van der Waals surface area contributed by atoms with Gasteiger partial charge in [-0.05, 0) is 69.2 Å². The van der Waals surface area contributed by atoms with Crippen LogP contribution in [0, 0.1) is 19.8 Å². The van der Waals surface area contributed by atoms with Gasteiger partial charge in [0.2, 0.25) is 11.8 Å². The number of hydrogen-bond acceptors (Lipinski definition) is 3. The summed E-state index contributed by atoms with van der Waals surface area (Å²) >= 11 is 0. The topological polar surface area (TPSA) is 60.9 Å². The Hall–Kier alpha value is -1.88. The summed E-state index contributed by atoms with van der Waals surface area (Å²) in [5.41, 5.74) is 3.15. The lowest BCUT2D eigenvalue weighted by atomic mass is 10.1. The van der Waals surface area contributed by atoms with Crippen molar-refractivity contribution in [2.45, 2.75) is 52.0 Å². The standard InChI is InChI=1S/C20H28N2O3/c1-14-11-15(2)13-17(12-14)22-9-7-18(20(22)25)19(24)21(16-5-6-16)8-3-4-10-23/h11-13,16,18,23H,3-10H2,1-2H3. The Balaban J connectivity index is 1.70. The Morgan fingerprint density at radius 2 is 1.84 bits per heavy atom. The first kappa shape index (κ1) is 17.9. The van der Waals surface area contributed by atoms with Gasteiger partial charge in [0.05, 0.1) is 0 Å². The van der Waals surface area contributed by atoms with Crippen LogP contribution in [0.5, 0.6) is 0 Å². The number of nitrogens with zero attached hydrogens (tertiary/aromatic N) is 2. The predicted molar refractivity (Wildman–Crippen MR) is 97.4 cm³/mol. The molecule has 0 radical (unpaired) electrons. The summed E-state index contributed by atoms with van der Waals surface area (Å²) in [6.45, 7) is 5.45. The molecule has 0 aromatic heterocycles. The van der Waals surface area contributed by atoms with Gasteiger partial charge in [0.1, 0.15) is 5.92 Å². The number of aliphatic hydroxyl groups excluding tert-OH is 1. The highest BCUT2D eigenvalue weighted by Gasteiger charge is 2.43. The molecule has 1 aromatic carbocycles. The molecule has 2 aliphatic rings. The van der Waals surface area contributed by atoms with Crippen LogP contribution in [0.1, 0.15) is 43.2 Å². The number of benzene rings is 1. The number of amides is 2. The summed E-state index contributed by atoms with van der Waals surface area (Å²) in [6.07, 6.45) is 4.15. The molecule has 1 N–H and O–H groups in total. The fourth-order valence-corrected chi connectivity index (χ4v) is 3.72. The molecule has 1 atom stereocenters. The van der Waals surface area contributed by atoms with Crippen LogP contribution in [0.15, 0.2) is 18.2 Å². The summed E-state index contributed by atoms with van der Waals surface area (Å²) in [4.78, 5) is 29.5. The number of anilines is 1. The average Bonchev–Trinajstić information content (AvgIpc) is 3.32. The molecule has 1 aromatic rings. The van der Waals surface area contributed by atoms with Crippen LogP contribution in [0.4, 0.5) is 5.69 Å². The van der Waals surface area contributed by atoms with Crippen LogP contribution in [0.25, 0.3) is 0 Å². The van der Waals surface area contributed by atoms with Gasteiger partial charge in [0, 0.05) is 31.4 Å². The first-order valence-corrected chi connectivity index (χ1v) is 9.32. The minimum Gasteiger partial charge on any atom is -0.396 e. The van der Waals surface area contributed by atoms with Crippen molar-refractivity contribution in [3.8, 4) is 0 Å². The number of carbonyl (C=O) groups is 2. The van der Waals surface area contributed by atoms with E-state index in [4.69, 9.17) is 5.11 Å². The Labute approximate surface area is 149 Å². The van der Waals surface area contributed by atoms with Gasteiger partial charge in [0.15, 0.2) is 0 Å². The van der Waals surface area contributed by atoms with Gasteiger partial charge in [-0.15, -0.1) is 0 Å². The average molecular weight is 344 g/mol. The van der Waals surface area contributed by atoms with E-state index in [1.165, 1.54) is 0 Å². The zero-order valence-corrected chi connectivity index (χ0v) is 15.2. The molecule has 5 nitrogen and oxygen atoms in total. The second-order valence-electron chi connectivity index (χ2n) is 7.37. The molecule has 1 aliphatic carbocycles. The van der Waals surface area contributed by atoms with Crippen molar-refractivity contribution < 1.29 is 14.7 Å². The molecule has 1 heterocycles. The minimum absolute atomic E-state index is 0.0164. The molecule has 0 bridgehead atoms. The second kappa shape index (κ2) is 7.56. The summed E-state index contributed by atoms with van der Waals surface area (Å²) in [5.74, 6) is -0.629. The maximum atomic E-state index is 13.0. The van der Waals surface area contributed by atoms with Crippen LogP contribution in [-0.2, 0) is 9.59 Å². The minimum atomic E-state index is -0.546. The molecule has 1 unspecified atom stereocenters. The third-order valence-corrected chi connectivity index (χ3v) is 5.10. The largest absolute Gasteiger partial charge is 0.396 e. The van der Waals surface area contributed by atoms with Gasteiger partial charge in [-0.25, -0.2) is 0 Å². The number of aryl methyl sites for hydroxylation is 2. The summed E-state index contributed by atoms with van der Waals surface area (Å²) in [6, 6.07) is 6.41. The third-order valence-electron chi connectivity index (χ3n) is 5.10. The summed E-state index contributed by atoms with van der Waals surface area (Å²) in [5, 5.41) is 8.97. The van der Waals surface area contributed by atoms with E-state index >= 15 is 0 Å². The molecule has 1 saturated carbocycles. The van der Waals surface area contributed by atoms with Gasteiger partial charge in [0.25, 0.3) is 0 Å². The van der Waals surface area contributed by atoms with E-state index in [2.05, 4.69) is 6.07 Å². The van der Waals surface area contributed by atoms with E-state index in [1.807, 2.05) is 30.9 Å². The van der Waals surface area contributed by atoms with E-state index in [0.29, 0.717) is 32.0 Å². The van der Waals surface area contributed by atoms with Crippen LogP contribution < -0.4 is 4.90 Å². The van der Waals surface area contributed by atoms with Gasteiger partial charge >= 0.3 is 0 Å². The second-order valence-corrected chi connectivity index (χ2v) is 7.37. The Morgan fingerprint density at radius 3 is 2.44 bits per heavy atom. The number of hydrogen-bond donors (Lipinski definition) is 1. The number of unbranched alkanes of at least 4 members (excludes halogenated alkanes) is 1. The van der Waals surface area contributed by atoms with Gasteiger partial charge in [-0.3, -0.25) is 9.59 Å². The molecule has 2 fully saturated rings. The normalized spacial score (nSPS) is 20.2. The molecule has 1 saturated heterocycles. The highest BCUT2D eigenvalue weighted by atomic mass is 16.3. The maximum absolute atomic E-state index is 13.0. The first-order valence-electron chi connectivity index (χ1n) is 9.32. The zero-order valence-electron chi connectivity index (χ0n) is 15.2. The molecule has 1 aliphatic heterocycles. The van der Waals surface area contributed by atoms with E-state index in [1.54, 1.807) is 4.90 Å². The van der Waals surface area contributed by atoms with Crippen molar-refractivity contribution in [2.24, 2.45) is 5.92 Å². The van der Waals surface area contributed by atoms with E-state index < -0.39 is 5.92 Å². The van der Waals surface area contributed by atoms with Crippen molar-refractivity contribution in [3.63, 3.8) is 0 Å². The summed E-state index contributed by atoms with van der Waals surface area (Å²) < 4.78 is 0. The molecule has 5 heteroatoms. The SMILES string of the molecule is Cc1cc(C)cc(N2CCC(C(=O)N(CCCCO)C3CC3)C2=O)c1. The Morgan fingerprint density at radius 1 is 1.16 bits per heavy atom. The van der Waals surface area contributed by atoms with Crippen molar-refractivity contribution in [1.82, 2.24) is 4.90 Å². The molecule has 3 rings (SSSR count). The van der Waals surface area contributed by atoms with Crippen molar-refractivity contribution in [3.05, 3.63) is 29.3 Å². The number of aliphatic hydroxyl groups is 1. The van der Waals surface area contributed by atoms with Crippen LogP contribution >= 0.6 is 0 Å². The van der Waals surface area contributed by atoms with Crippen molar-refractivity contribution >= 4 is 17.5 Å².